The van der Waals surface area contributed by atoms with Crippen molar-refractivity contribution in [2.24, 2.45) is 0 Å². The predicted molar refractivity (Wildman–Crippen MR) is 94.7 cm³/mol. The summed E-state index contributed by atoms with van der Waals surface area (Å²) in [6, 6.07) is 16.7. The molecule has 1 aliphatic heterocycles. The Labute approximate surface area is 145 Å². The molecule has 0 atom stereocenters. The van der Waals surface area contributed by atoms with Crippen LogP contribution in [0, 0.1) is 0 Å². The molecule has 0 bridgehead atoms. The molecule has 0 aromatic heterocycles. The molecule has 5 heteroatoms. The number of ether oxygens (including phenoxy) is 1. The third-order valence-electron chi connectivity index (χ3n) is 3.84. The van der Waals surface area contributed by atoms with Gasteiger partial charge in [-0.2, -0.15) is 0 Å². The van der Waals surface area contributed by atoms with Crippen molar-refractivity contribution < 1.29 is 14.3 Å². The summed E-state index contributed by atoms with van der Waals surface area (Å²) in [5, 5.41) is 0. The quantitative estimate of drug-likeness (QED) is 0.619. The summed E-state index contributed by atoms with van der Waals surface area (Å²) >= 11 is 1.46. The lowest BCUT2D eigenvalue weighted by molar-refractivity contribution is 0.0302. The molecule has 1 aliphatic rings. The van der Waals surface area contributed by atoms with Crippen LogP contribution in [0.5, 0.6) is 0 Å². The third-order valence-corrected chi connectivity index (χ3v) is 4.84. The number of ketones is 1. The normalized spacial score (nSPS) is 14.4. The lowest BCUT2D eigenvalue weighted by Crippen LogP contribution is -2.40. The number of nitrogens with zero attached hydrogens (tertiary/aromatic N) is 1. The van der Waals surface area contributed by atoms with E-state index in [1.54, 1.807) is 0 Å². The second-order valence-corrected chi connectivity index (χ2v) is 6.56. The zero-order valence-electron chi connectivity index (χ0n) is 13.3. The van der Waals surface area contributed by atoms with Crippen LogP contribution in [0.4, 0.5) is 0 Å². The molecule has 0 N–H and O–H groups in total. The molecule has 0 aliphatic carbocycles. The van der Waals surface area contributed by atoms with Gasteiger partial charge in [-0.05, 0) is 18.2 Å². The van der Waals surface area contributed by atoms with E-state index < -0.39 is 0 Å². The smallest absolute Gasteiger partial charge is 0.254 e. The van der Waals surface area contributed by atoms with Gasteiger partial charge in [0.25, 0.3) is 5.91 Å². The number of Topliss-reactive ketones (excluding diaryl/α,β-unsaturated/α-hetero) is 1. The lowest BCUT2D eigenvalue weighted by Gasteiger charge is -2.27. The second kappa shape index (κ2) is 8.13. The van der Waals surface area contributed by atoms with Crippen molar-refractivity contribution in [1.82, 2.24) is 4.90 Å². The van der Waals surface area contributed by atoms with Gasteiger partial charge in [0.2, 0.25) is 0 Å². The van der Waals surface area contributed by atoms with E-state index in [2.05, 4.69) is 0 Å². The monoisotopic (exact) mass is 341 g/mol. The summed E-state index contributed by atoms with van der Waals surface area (Å²) in [6.07, 6.45) is 0. The summed E-state index contributed by atoms with van der Waals surface area (Å²) in [5.41, 5.74) is 1.37. The van der Waals surface area contributed by atoms with Crippen molar-refractivity contribution >= 4 is 23.5 Å². The van der Waals surface area contributed by atoms with Crippen molar-refractivity contribution in [3.05, 3.63) is 65.7 Å². The number of amides is 1. The molecule has 1 heterocycles. The van der Waals surface area contributed by atoms with E-state index in [9.17, 15) is 9.59 Å². The highest BCUT2D eigenvalue weighted by atomic mass is 32.2. The van der Waals surface area contributed by atoms with Crippen LogP contribution in [-0.4, -0.2) is 48.6 Å². The molecular weight excluding hydrogens is 322 g/mol. The first kappa shape index (κ1) is 16.7. The van der Waals surface area contributed by atoms with Crippen LogP contribution in [0.2, 0.25) is 0 Å². The predicted octanol–water partition coefficient (Wildman–Crippen LogP) is 3.13. The first-order valence-electron chi connectivity index (χ1n) is 7.92. The van der Waals surface area contributed by atoms with Gasteiger partial charge in [0.05, 0.1) is 19.0 Å². The lowest BCUT2D eigenvalue weighted by atomic mass is 10.2. The molecular formula is C19H19NO3S. The Hall–Kier alpha value is -2.11. The van der Waals surface area contributed by atoms with Crippen LogP contribution in [0.15, 0.2) is 59.5 Å². The molecule has 24 heavy (non-hydrogen) atoms. The Balaban J connectivity index is 1.63. The Kier molecular flexibility index (Phi) is 5.67. The minimum atomic E-state index is 0.0233. The molecule has 1 saturated heterocycles. The Bertz CT molecular complexity index is 712. The first-order chi connectivity index (χ1) is 11.7. The van der Waals surface area contributed by atoms with Crippen molar-refractivity contribution in [3.8, 4) is 0 Å². The number of benzene rings is 2. The van der Waals surface area contributed by atoms with E-state index in [1.165, 1.54) is 11.8 Å². The highest BCUT2D eigenvalue weighted by Crippen LogP contribution is 2.21. The number of thioether (sulfide) groups is 1. The number of carbonyl (C=O) groups is 2. The maximum Gasteiger partial charge on any atom is 0.254 e. The fourth-order valence-corrected chi connectivity index (χ4v) is 3.37. The molecule has 0 radical (unpaired) electrons. The van der Waals surface area contributed by atoms with E-state index in [0.717, 1.165) is 4.90 Å². The largest absolute Gasteiger partial charge is 0.378 e. The number of carbonyl (C=O) groups excluding carboxylic acids is 2. The molecule has 124 valence electrons. The second-order valence-electron chi connectivity index (χ2n) is 5.51. The van der Waals surface area contributed by atoms with Crippen molar-refractivity contribution in [1.29, 1.82) is 0 Å². The topological polar surface area (TPSA) is 46.6 Å². The SMILES string of the molecule is O=C(CSc1cccc(C(=O)N2CCOCC2)c1)c1ccccc1. The van der Waals surface area contributed by atoms with Gasteiger partial charge in [-0.3, -0.25) is 9.59 Å². The van der Waals surface area contributed by atoms with E-state index in [-0.39, 0.29) is 11.7 Å². The summed E-state index contributed by atoms with van der Waals surface area (Å²) in [7, 11) is 0. The van der Waals surface area contributed by atoms with Gasteiger partial charge in [0.1, 0.15) is 0 Å². The zero-order chi connectivity index (χ0) is 16.8. The Morgan fingerprint density at radius 3 is 2.42 bits per heavy atom. The van der Waals surface area contributed by atoms with Gasteiger partial charge < -0.3 is 9.64 Å². The summed E-state index contributed by atoms with van der Waals surface area (Å²) in [5.74, 6) is 0.472. The maximum absolute atomic E-state index is 12.5. The molecule has 4 nitrogen and oxygen atoms in total. The van der Waals surface area contributed by atoms with Crippen LogP contribution in [0.3, 0.4) is 0 Å². The highest BCUT2D eigenvalue weighted by Gasteiger charge is 2.18. The average Bonchev–Trinajstić information content (AvgIpc) is 2.67. The van der Waals surface area contributed by atoms with E-state index in [4.69, 9.17) is 4.74 Å². The summed E-state index contributed by atoms with van der Waals surface area (Å²) in [6.45, 7) is 2.43. The maximum atomic E-state index is 12.5. The van der Waals surface area contributed by atoms with Gasteiger partial charge in [0.15, 0.2) is 5.78 Å². The van der Waals surface area contributed by atoms with Gasteiger partial charge in [-0.1, -0.05) is 36.4 Å². The Morgan fingerprint density at radius 1 is 0.958 bits per heavy atom. The van der Waals surface area contributed by atoms with Crippen LogP contribution in [-0.2, 0) is 4.74 Å². The van der Waals surface area contributed by atoms with Gasteiger partial charge in [0, 0.05) is 29.1 Å². The number of hydrogen-bond acceptors (Lipinski definition) is 4. The fraction of sp³-hybridized carbons (Fsp3) is 0.263. The van der Waals surface area contributed by atoms with Crippen LogP contribution in [0.1, 0.15) is 20.7 Å². The number of morpholine rings is 1. The Morgan fingerprint density at radius 2 is 1.67 bits per heavy atom. The van der Waals surface area contributed by atoms with E-state index in [0.29, 0.717) is 43.2 Å². The van der Waals surface area contributed by atoms with Crippen LogP contribution < -0.4 is 0 Å². The van der Waals surface area contributed by atoms with Crippen LogP contribution in [0.25, 0.3) is 0 Å². The first-order valence-corrected chi connectivity index (χ1v) is 8.91. The van der Waals surface area contributed by atoms with Gasteiger partial charge >= 0.3 is 0 Å². The van der Waals surface area contributed by atoms with Crippen molar-refractivity contribution in [2.75, 3.05) is 32.1 Å². The molecule has 3 rings (SSSR count). The fourth-order valence-electron chi connectivity index (χ4n) is 2.52. The number of rotatable bonds is 5. The van der Waals surface area contributed by atoms with Crippen molar-refractivity contribution in [2.45, 2.75) is 4.90 Å². The third kappa shape index (κ3) is 4.24. The minimum Gasteiger partial charge on any atom is -0.378 e. The molecule has 0 unspecified atom stereocenters. The van der Waals surface area contributed by atoms with Gasteiger partial charge in [-0.25, -0.2) is 0 Å². The molecule has 2 aromatic rings. The van der Waals surface area contributed by atoms with Crippen LogP contribution >= 0.6 is 11.8 Å². The van der Waals surface area contributed by atoms with Crippen molar-refractivity contribution in [3.63, 3.8) is 0 Å². The van der Waals surface area contributed by atoms with E-state index >= 15 is 0 Å². The standard InChI is InChI=1S/C19H19NO3S/c21-18(15-5-2-1-3-6-15)14-24-17-8-4-7-16(13-17)19(22)20-9-11-23-12-10-20/h1-8,13H,9-12,14H2. The molecule has 1 fully saturated rings. The van der Waals surface area contributed by atoms with Gasteiger partial charge in [-0.15, -0.1) is 11.8 Å². The number of hydrogen-bond donors (Lipinski definition) is 0. The molecule has 0 spiro atoms. The zero-order valence-corrected chi connectivity index (χ0v) is 14.1. The summed E-state index contributed by atoms with van der Waals surface area (Å²) in [4.78, 5) is 27.4. The molecule has 0 saturated carbocycles. The highest BCUT2D eigenvalue weighted by molar-refractivity contribution is 8.00. The minimum absolute atomic E-state index is 0.0233. The van der Waals surface area contributed by atoms with E-state index in [1.807, 2.05) is 59.5 Å². The molecule has 2 aromatic carbocycles. The molecule has 1 amide bonds. The average molecular weight is 341 g/mol. The summed E-state index contributed by atoms with van der Waals surface area (Å²) < 4.78 is 5.28.